The number of hydrogen-bond acceptors (Lipinski definition) is 13. The lowest BCUT2D eigenvalue weighted by Gasteiger charge is -2.50. The van der Waals surface area contributed by atoms with Crippen LogP contribution >= 0.6 is 23.1 Å². The zero-order valence-electron chi connectivity index (χ0n) is 25.6. The number of thiazole rings is 1. The highest BCUT2D eigenvalue weighted by molar-refractivity contribution is 8.00. The van der Waals surface area contributed by atoms with E-state index in [9.17, 15) is 39.4 Å². The van der Waals surface area contributed by atoms with Gasteiger partial charge in [0.05, 0.1) is 5.69 Å². The molecular weight excluding hydrogens is 696 g/mol. The first kappa shape index (κ1) is 34.1. The second-order valence-electron chi connectivity index (χ2n) is 11.1. The lowest BCUT2D eigenvalue weighted by molar-refractivity contribution is -0.150. The maximum atomic E-state index is 15.5. The summed E-state index contributed by atoms with van der Waals surface area (Å²) in [5, 5.41) is 38.3. The molecule has 16 nitrogen and oxygen atoms in total. The van der Waals surface area contributed by atoms with Gasteiger partial charge in [0.1, 0.15) is 28.6 Å². The largest absolute Gasteiger partial charge is 0.508 e. The first-order valence-electron chi connectivity index (χ1n) is 14.8. The molecule has 3 aliphatic heterocycles. The number of hydrogen-bond donors (Lipinski definition) is 6. The lowest BCUT2D eigenvalue weighted by Crippen LogP contribution is -2.71. The summed E-state index contributed by atoms with van der Waals surface area (Å²) in [6, 6.07) is 6.72. The Morgan fingerprint density at radius 1 is 1.18 bits per heavy atom. The van der Waals surface area contributed by atoms with Gasteiger partial charge in [0.15, 0.2) is 10.8 Å². The van der Waals surface area contributed by atoms with Gasteiger partial charge in [-0.15, -0.1) is 28.2 Å². The van der Waals surface area contributed by atoms with Crippen LogP contribution in [0.1, 0.15) is 30.0 Å². The van der Waals surface area contributed by atoms with Crippen LogP contribution in [0.3, 0.4) is 0 Å². The van der Waals surface area contributed by atoms with Gasteiger partial charge in [-0.25, -0.2) is 9.78 Å². The number of phenolic OH excluding ortho intramolecular Hbond substituents is 1. The van der Waals surface area contributed by atoms with E-state index in [-0.39, 0.29) is 62.8 Å². The van der Waals surface area contributed by atoms with Crippen LogP contribution in [0.25, 0.3) is 0 Å². The van der Waals surface area contributed by atoms with Gasteiger partial charge in [-0.1, -0.05) is 9.64 Å². The molecule has 19 heteroatoms. The maximum Gasteiger partial charge on any atom is 0.352 e. The standard InChI is InChI=1S/C31H27FN8O8S2/c32-40(15-1-3-16(41)4-2-15)21(42)11-18(14-5-8-34-9-6-14)22(17-7-10-35-26(17)43)19-12-49-29-24(28(45)39(29)25(19)30(46)47)37-27(44)23(38-48)20-13-50-31(33)36-20/h1-6,8-9,13,18,24,29,41,48H,7,10-12H2,(H2,33,36)(H,35,43)(H,37,44)(H,46,47)/t18?,24-,29-/m1/s1. The van der Waals surface area contributed by atoms with Gasteiger partial charge in [0.25, 0.3) is 17.7 Å². The van der Waals surface area contributed by atoms with Gasteiger partial charge in [0, 0.05) is 48.0 Å². The van der Waals surface area contributed by atoms with Crippen molar-refractivity contribution >= 4 is 69.2 Å². The number of β-lactam (4-membered cyclic amide) rings is 1. The predicted octanol–water partition coefficient (Wildman–Crippen LogP) is 1.65. The smallest absolute Gasteiger partial charge is 0.352 e. The van der Waals surface area contributed by atoms with Crippen molar-refractivity contribution in [1.82, 2.24) is 25.5 Å². The number of carboxylic acids is 1. The molecule has 6 rings (SSSR count). The third kappa shape index (κ3) is 6.34. The molecule has 50 heavy (non-hydrogen) atoms. The van der Waals surface area contributed by atoms with E-state index >= 15 is 4.48 Å². The Morgan fingerprint density at radius 3 is 2.50 bits per heavy atom. The number of anilines is 2. The van der Waals surface area contributed by atoms with E-state index in [1.807, 2.05) is 0 Å². The number of benzene rings is 1. The van der Waals surface area contributed by atoms with Gasteiger partial charge in [0.2, 0.25) is 5.91 Å². The molecule has 2 saturated heterocycles. The normalized spacial score (nSPS) is 20.4. The highest BCUT2D eigenvalue weighted by Gasteiger charge is 2.55. The molecule has 2 aromatic heterocycles. The quantitative estimate of drug-likeness (QED) is 0.0437. The number of carbonyl (C=O) groups excluding carboxylic acids is 4. The van der Waals surface area contributed by atoms with Crippen molar-refractivity contribution < 1.29 is 43.9 Å². The van der Waals surface area contributed by atoms with Crippen molar-refractivity contribution in [3.63, 3.8) is 0 Å². The molecule has 0 aliphatic carbocycles. The van der Waals surface area contributed by atoms with E-state index in [1.165, 1.54) is 42.0 Å². The van der Waals surface area contributed by atoms with Crippen molar-refractivity contribution in [3.05, 3.63) is 87.8 Å². The Bertz CT molecular complexity index is 1980. The minimum atomic E-state index is -1.51. The van der Waals surface area contributed by atoms with Crippen molar-refractivity contribution in [2.75, 3.05) is 23.2 Å². The van der Waals surface area contributed by atoms with Crippen LogP contribution in [0, 0.1) is 0 Å². The number of pyridine rings is 1. The number of carbonyl (C=O) groups is 5. The second-order valence-corrected chi connectivity index (χ2v) is 13.1. The minimum absolute atomic E-state index is 0.0269. The van der Waals surface area contributed by atoms with E-state index in [0.717, 1.165) is 28.0 Å². The molecule has 5 heterocycles. The van der Waals surface area contributed by atoms with Crippen molar-refractivity contribution in [2.45, 2.75) is 30.2 Å². The summed E-state index contributed by atoms with van der Waals surface area (Å²) in [4.78, 5) is 75.2. The average molecular weight is 723 g/mol. The average Bonchev–Trinajstić information content (AvgIpc) is 3.74. The number of halogens is 1. The number of nitrogens with zero attached hydrogens (tertiary/aromatic N) is 5. The Morgan fingerprint density at radius 2 is 1.90 bits per heavy atom. The fraction of sp³-hybridized carbons (Fsp3) is 0.226. The highest BCUT2D eigenvalue weighted by Crippen LogP contribution is 2.47. The molecule has 3 atom stereocenters. The number of thioether (sulfide) groups is 1. The first-order valence-corrected chi connectivity index (χ1v) is 16.8. The minimum Gasteiger partial charge on any atom is -0.508 e. The molecule has 1 aromatic carbocycles. The van der Waals surface area contributed by atoms with E-state index in [1.54, 1.807) is 12.1 Å². The Hall–Kier alpha value is -5.82. The highest BCUT2D eigenvalue weighted by atomic mass is 32.2. The Labute approximate surface area is 290 Å². The van der Waals surface area contributed by atoms with Crippen molar-refractivity contribution in [1.29, 1.82) is 0 Å². The first-order chi connectivity index (χ1) is 24.0. The summed E-state index contributed by atoms with van der Waals surface area (Å²) in [6.07, 6.45) is 2.47. The number of allylic oxidation sites excluding steroid dienone is 1. The third-order valence-corrected chi connectivity index (χ3v) is 10.2. The van der Waals surface area contributed by atoms with Crippen LogP contribution in [-0.2, 0) is 24.0 Å². The molecule has 0 bridgehead atoms. The molecule has 258 valence electrons. The van der Waals surface area contributed by atoms with E-state index in [2.05, 4.69) is 25.8 Å². The fourth-order valence-electron chi connectivity index (χ4n) is 5.99. The molecule has 0 spiro atoms. The van der Waals surface area contributed by atoms with Gasteiger partial charge < -0.3 is 31.8 Å². The number of rotatable bonds is 10. The van der Waals surface area contributed by atoms with E-state index < -0.39 is 64.8 Å². The van der Waals surface area contributed by atoms with Crippen LogP contribution in [-0.4, -0.2) is 89.3 Å². The molecule has 1 unspecified atom stereocenters. The van der Waals surface area contributed by atoms with Gasteiger partial charge in [-0.3, -0.25) is 29.1 Å². The molecule has 4 amide bonds. The number of aromatic nitrogens is 2. The molecule has 7 N–H and O–H groups in total. The monoisotopic (exact) mass is 722 g/mol. The number of oxime groups is 1. The summed E-state index contributed by atoms with van der Waals surface area (Å²) < 4.78 is 15.5. The molecule has 3 aliphatic rings. The van der Waals surface area contributed by atoms with Gasteiger partial charge >= 0.3 is 5.97 Å². The number of aliphatic carboxylic acids is 1. The summed E-state index contributed by atoms with van der Waals surface area (Å²) in [5.74, 6) is -6.07. The number of nitrogens with one attached hydrogen (secondary N) is 2. The van der Waals surface area contributed by atoms with Crippen LogP contribution < -0.4 is 21.5 Å². The van der Waals surface area contributed by atoms with E-state index in [4.69, 9.17) is 5.73 Å². The molecule has 0 saturated carbocycles. The Kier molecular flexibility index (Phi) is 9.51. The SMILES string of the molecule is Nc1nc(C(=NO)C(=O)N[C@@H]2C(=O)N3C(C(=O)O)=C(C(=C4CCNC4=O)C(CC(=O)N(F)c4ccc(O)cc4)c4ccncc4)CS[C@H]23)cs1. The summed E-state index contributed by atoms with van der Waals surface area (Å²) >= 11 is 2.10. The summed E-state index contributed by atoms with van der Waals surface area (Å²) in [5.41, 5.74) is 5.29. The van der Waals surface area contributed by atoms with Gasteiger partial charge in [-0.05, 0) is 59.5 Å². The topological polar surface area (TPSA) is 241 Å². The number of phenols is 1. The molecule has 2 fully saturated rings. The number of amides is 4. The van der Waals surface area contributed by atoms with Gasteiger partial charge in [-0.2, -0.15) is 0 Å². The van der Waals surface area contributed by atoms with Crippen LogP contribution in [0.5, 0.6) is 5.75 Å². The van der Waals surface area contributed by atoms with Crippen LogP contribution in [0.15, 0.2) is 81.7 Å². The predicted molar refractivity (Wildman–Crippen MR) is 177 cm³/mol. The van der Waals surface area contributed by atoms with Crippen LogP contribution in [0.4, 0.5) is 15.3 Å². The zero-order valence-corrected chi connectivity index (χ0v) is 27.3. The van der Waals surface area contributed by atoms with Crippen molar-refractivity contribution in [3.8, 4) is 5.75 Å². The number of nitrogens with two attached hydrogens (primary N) is 1. The number of nitrogen functional groups attached to an aromatic ring is 1. The molecular formula is C31H27FN8O8S2. The molecule has 3 aromatic rings. The fourth-order valence-corrected chi connectivity index (χ4v) is 7.90. The molecule has 0 radical (unpaired) electrons. The second kappa shape index (κ2) is 14.0. The van der Waals surface area contributed by atoms with E-state index in [0.29, 0.717) is 5.56 Å². The third-order valence-electron chi connectivity index (χ3n) is 8.25. The van der Waals surface area contributed by atoms with Crippen LogP contribution in [0.2, 0.25) is 0 Å². The van der Waals surface area contributed by atoms with Crippen molar-refractivity contribution in [2.24, 2.45) is 5.16 Å². The maximum absolute atomic E-state index is 15.5. The number of aromatic hydroxyl groups is 1. The summed E-state index contributed by atoms with van der Waals surface area (Å²) in [6.45, 7) is 0.221. The lowest BCUT2D eigenvalue weighted by atomic mass is 9.80. The summed E-state index contributed by atoms with van der Waals surface area (Å²) in [7, 11) is 0. The zero-order chi connectivity index (χ0) is 35.7. The number of carboxylic acid groups (broad SMARTS) is 1. The number of fused-ring (bicyclic) bond motifs is 1. The Balaban J connectivity index is 1.38.